The van der Waals surface area contributed by atoms with Gasteiger partial charge in [-0.25, -0.2) is 4.39 Å². The lowest BCUT2D eigenvalue weighted by Crippen LogP contribution is -2.35. The summed E-state index contributed by atoms with van der Waals surface area (Å²) in [5.41, 5.74) is 7.25. The summed E-state index contributed by atoms with van der Waals surface area (Å²) in [5, 5.41) is 3.34. The Morgan fingerprint density at radius 2 is 1.78 bits per heavy atom. The summed E-state index contributed by atoms with van der Waals surface area (Å²) in [6.45, 7) is 10.8. The average molecular weight is 364 g/mol. The minimum atomic E-state index is -0.237. The standard InChI is InChI=1S/C14H22FIN2/c1-13(2,3)8-14(4,5)18-12-6-9(15)10(16)7-11(12)17/h6-7,18H,8,17H2,1-5H3. The van der Waals surface area contributed by atoms with Crippen LogP contribution < -0.4 is 11.1 Å². The molecular formula is C14H22FIN2. The molecular weight excluding hydrogens is 342 g/mol. The lowest BCUT2D eigenvalue weighted by atomic mass is 9.81. The highest BCUT2D eigenvalue weighted by molar-refractivity contribution is 14.1. The fourth-order valence-electron chi connectivity index (χ4n) is 2.41. The van der Waals surface area contributed by atoms with E-state index in [0.717, 1.165) is 6.42 Å². The van der Waals surface area contributed by atoms with Crippen LogP contribution in [0.2, 0.25) is 0 Å². The molecule has 0 aliphatic heterocycles. The molecule has 0 fully saturated rings. The molecule has 3 N–H and O–H groups in total. The van der Waals surface area contributed by atoms with Gasteiger partial charge in [0.15, 0.2) is 0 Å². The predicted molar refractivity (Wildman–Crippen MR) is 85.3 cm³/mol. The quantitative estimate of drug-likeness (QED) is 0.606. The number of hydrogen-bond donors (Lipinski definition) is 2. The number of benzene rings is 1. The second kappa shape index (κ2) is 5.23. The third kappa shape index (κ3) is 4.63. The van der Waals surface area contributed by atoms with Crippen LogP contribution in [0.1, 0.15) is 41.0 Å². The molecule has 0 spiro atoms. The summed E-state index contributed by atoms with van der Waals surface area (Å²) in [6.07, 6.45) is 0.965. The molecule has 0 aliphatic carbocycles. The third-order valence-electron chi connectivity index (χ3n) is 2.54. The molecule has 18 heavy (non-hydrogen) atoms. The second-order valence-corrected chi connectivity index (χ2v) is 7.76. The molecule has 0 saturated carbocycles. The molecule has 1 aromatic carbocycles. The van der Waals surface area contributed by atoms with E-state index < -0.39 is 0 Å². The van der Waals surface area contributed by atoms with Gasteiger partial charge < -0.3 is 11.1 Å². The van der Waals surface area contributed by atoms with Crippen molar-refractivity contribution in [3.8, 4) is 0 Å². The maximum atomic E-state index is 13.6. The first-order valence-electron chi connectivity index (χ1n) is 6.03. The van der Waals surface area contributed by atoms with Crippen molar-refractivity contribution in [1.29, 1.82) is 0 Å². The van der Waals surface area contributed by atoms with Crippen LogP contribution in [-0.4, -0.2) is 5.54 Å². The Balaban J connectivity index is 2.94. The van der Waals surface area contributed by atoms with Gasteiger partial charge in [-0.2, -0.15) is 0 Å². The molecule has 0 heterocycles. The van der Waals surface area contributed by atoms with Gasteiger partial charge in [-0.1, -0.05) is 20.8 Å². The largest absolute Gasteiger partial charge is 0.397 e. The van der Waals surface area contributed by atoms with Crippen molar-refractivity contribution in [2.75, 3.05) is 11.1 Å². The number of halogens is 2. The van der Waals surface area contributed by atoms with E-state index >= 15 is 0 Å². The Morgan fingerprint density at radius 3 is 2.28 bits per heavy atom. The van der Waals surface area contributed by atoms with Crippen LogP contribution in [0.5, 0.6) is 0 Å². The average Bonchev–Trinajstić information content (AvgIpc) is 2.09. The highest BCUT2D eigenvalue weighted by Crippen LogP contribution is 2.32. The van der Waals surface area contributed by atoms with E-state index in [-0.39, 0.29) is 16.8 Å². The van der Waals surface area contributed by atoms with Crippen molar-refractivity contribution in [2.24, 2.45) is 5.41 Å². The molecule has 0 aliphatic rings. The van der Waals surface area contributed by atoms with Gasteiger partial charge in [0.25, 0.3) is 0 Å². The first kappa shape index (κ1) is 15.5. The summed E-state index contributed by atoms with van der Waals surface area (Å²) >= 11 is 1.94. The molecule has 0 amide bonds. The zero-order valence-electron chi connectivity index (χ0n) is 11.7. The predicted octanol–water partition coefficient (Wildman–Crippen LogP) is 4.64. The van der Waals surface area contributed by atoms with Crippen LogP contribution >= 0.6 is 22.6 Å². The topological polar surface area (TPSA) is 38.0 Å². The van der Waals surface area contributed by atoms with Gasteiger partial charge in [0.2, 0.25) is 0 Å². The van der Waals surface area contributed by atoms with Crippen LogP contribution in [0.4, 0.5) is 15.8 Å². The maximum Gasteiger partial charge on any atom is 0.138 e. The molecule has 0 atom stereocenters. The summed E-state index contributed by atoms with van der Waals surface area (Å²) < 4.78 is 14.1. The molecule has 0 aromatic heterocycles. The number of nitrogens with one attached hydrogen (secondary N) is 1. The minimum Gasteiger partial charge on any atom is -0.397 e. The Hall–Kier alpha value is -0.520. The SMILES string of the molecule is CC(C)(C)CC(C)(C)Nc1cc(F)c(I)cc1N. The maximum absolute atomic E-state index is 13.6. The van der Waals surface area contributed by atoms with Crippen LogP contribution in [0.3, 0.4) is 0 Å². The van der Waals surface area contributed by atoms with Crippen LogP contribution in [0.15, 0.2) is 12.1 Å². The Bertz CT molecular complexity index is 436. The molecule has 1 aromatic rings. The second-order valence-electron chi connectivity index (χ2n) is 6.60. The van der Waals surface area contributed by atoms with Crippen molar-refractivity contribution < 1.29 is 4.39 Å². The molecule has 4 heteroatoms. The minimum absolute atomic E-state index is 0.133. The summed E-state index contributed by atoms with van der Waals surface area (Å²) in [6, 6.07) is 3.13. The van der Waals surface area contributed by atoms with Gasteiger partial charge in [-0.05, 0) is 54.3 Å². The van der Waals surface area contributed by atoms with E-state index in [1.165, 1.54) is 6.07 Å². The normalized spacial score (nSPS) is 12.6. The number of anilines is 2. The summed E-state index contributed by atoms with van der Waals surface area (Å²) in [7, 11) is 0. The molecule has 1 rings (SSSR count). The van der Waals surface area contributed by atoms with E-state index in [9.17, 15) is 4.39 Å². The number of nitrogens with two attached hydrogens (primary N) is 1. The van der Waals surface area contributed by atoms with Crippen LogP contribution in [0, 0.1) is 14.8 Å². The van der Waals surface area contributed by atoms with Gasteiger partial charge in [-0.15, -0.1) is 0 Å². The summed E-state index contributed by atoms with van der Waals surface area (Å²) in [4.78, 5) is 0. The molecule has 2 nitrogen and oxygen atoms in total. The van der Waals surface area contributed by atoms with Crippen molar-refractivity contribution in [3.63, 3.8) is 0 Å². The van der Waals surface area contributed by atoms with Gasteiger partial charge in [-0.3, -0.25) is 0 Å². The molecule has 0 unspecified atom stereocenters. The van der Waals surface area contributed by atoms with Gasteiger partial charge in [0.05, 0.1) is 14.9 Å². The molecule has 102 valence electrons. The lowest BCUT2D eigenvalue weighted by Gasteiger charge is -2.34. The third-order valence-corrected chi connectivity index (χ3v) is 3.36. The highest BCUT2D eigenvalue weighted by Gasteiger charge is 2.26. The lowest BCUT2D eigenvalue weighted by molar-refractivity contribution is 0.302. The molecule has 0 radical (unpaired) electrons. The van der Waals surface area contributed by atoms with Gasteiger partial charge >= 0.3 is 0 Å². The number of rotatable bonds is 3. The zero-order chi connectivity index (χ0) is 14.1. The van der Waals surface area contributed by atoms with E-state index in [1.807, 2.05) is 22.6 Å². The van der Waals surface area contributed by atoms with Crippen molar-refractivity contribution >= 4 is 34.0 Å². The van der Waals surface area contributed by atoms with E-state index in [0.29, 0.717) is 14.9 Å². The van der Waals surface area contributed by atoms with Crippen LogP contribution in [-0.2, 0) is 0 Å². The highest BCUT2D eigenvalue weighted by atomic mass is 127. The fourth-order valence-corrected chi connectivity index (χ4v) is 2.90. The van der Waals surface area contributed by atoms with Crippen molar-refractivity contribution in [2.45, 2.75) is 46.6 Å². The van der Waals surface area contributed by atoms with Gasteiger partial charge in [0, 0.05) is 11.6 Å². The Kier molecular flexibility index (Phi) is 4.51. The molecule has 0 saturated heterocycles. The zero-order valence-corrected chi connectivity index (χ0v) is 13.9. The van der Waals surface area contributed by atoms with Crippen LogP contribution in [0.25, 0.3) is 0 Å². The first-order chi connectivity index (χ1) is 8.00. The number of hydrogen-bond acceptors (Lipinski definition) is 2. The van der Waals surface area contributed by atoms with E-state index in [2.05, 4.69) is 39.9 Å². The fraction of sp³-hybridized carbons (Fsp3) is 0.571. The monoisotopic (exact) mass is 364 g/mol. The molecule has 0 bridgehead atoms. The van der Waals surface area contributed by atoms with Crippen molar-refractivity contribution in [3.05, 3.63) is 21.5 Å². The Morgan fingerprint density at radius 1 is 1.22 bits per heavy atom. The van der Waals surface area contributed by atoms with Gasteiger partial charge in [0.1, 0.15) is 5.82 Å². The number of nitrogen functional groups attached to an aromatic ring is 1. The first-order valence-corrected chi connectivity index (χ1v) is 7.11. The summed E-state index contributed by atoms with van der Waals surface area (Å²) in [5.74, 6) is -0.237. The van der Waals surface area contributed by atoms with E-state index in [4.69, 9.17) is 5.73 Å². The smallest absolute Gasteiger partial charge is 0.138 e. The Labute approximate surface area is 123 Å². The van der Waals surface area contributed by atoms with E-state index in [1.54, 1.807) is 6.07 Å². The van der Waals surface area contributed by atoms with Crippen molar-refractivity contribution in [1.82, 2.24) is 0 Å².